The molecule has 1 aliphatic carbocycles. The first-order valence-corrected chi connectivity index (χ1v) is 23.8. The third kappa shape index (κ3) is 5.11. The van der Waals surface area contributed by atoms with Crippen molar-refractivity contribution in [2.45, 2.75) is 19.3 Å². The standard InChI is InChI=1S/C67H42O/c1-67(2)59-32-29-40(36-58(59)65-49-21-9-5-17-45(49)46-18-7-14-26-54(46)66(65)67)41-30-33-60-55(35-41)56-37-43(31-34-61(56)68-60)63-50-22-10-12-24-52(50)64(53-25-13-11-23-51(53)63)57-38-42-28-27-39-15-3-4-16-44(39)62(42)48-20-8-6-19-47(48)57/h3-38H,1-2H3. The predicted molar refractivity (Wildman–Crippen MR) is 290 cm³/mol. The van der Waals surface area contributed by atoms with Gasteiger partial charge >= 0.3 is 0 Å². The first kappa shape index (κ1) is 37.7. The van der Waals surface area contributed by atoms with Gasteiger partial charge in [-0.3, -0.25) is 0 Å². The Kier molecular flexibility index (Phi) is 7.63. The second-order valence-electron chi connectivity index (χ2n) is 19.4. The highest BCUT2D eigenvalue weighted by molar-refractivity contribution is 6.29. The summed E-state index contributed by atoms with van der Waals surface area (Å²) in [5.74, 6) is 0. The summed E-state index contributed by atoms with van der Waals surface area (Å²) in [6.07, 6.45) is 0. The van der Waals surface area contributed by atoms with Crippen LogP contribution in [0, 0.1) is 0 Å². The average molecular weight is 863 g/mol. The van der Waals surface area contributed by atoms with Crippen molar-refractivity contribution >= 4 is 97.3 Å². The van der Waals surface area contributed by atoms with Crippen LogP contribution in [0.4, 0.5) is 0 Å². The fraction of sp³-hybridized carbons (Fsp3) is 0.0448. The Morgan fingerprint density at radius 2 is 0.765 bits per heavy atom. The minimum Gasteiger partial charge on any atom is -0.456 e. The molecule has 68 heavy (non-hydrogen) atoms. The molecule has 0 saturated heterocycles. The van der Waals surface area contributed by atoms with E-state index in [0.717, 1.165) is 21.9 Å². The highest BCUT2D eigenvalue weighted by atomic mass is 16.3. The van der Waals surface area contributed by atoms with E-state index in [2.05, 4.69) is 232 Å². The van der Waals surface area contributed by atoms with Gasteiger partial charge in [-0.15, -0.1) is 0 Å². The number of hydrogen-bond acceptors (Lipinski definition) is 1. The molecule has 0 saturated carbocycles. The summed E-state index contributed by atoms with van der Waals surface area (Å²) in [6.45, 7) is 4.79. The van der Waals surface area contributed by atoms with Crippen LogP contribution < -0.4 is 0 Å². The van der Waals surface area contributed by atoms with Gasteiger partial charge in [0.2, 0.25) is 0 Å². The highest BCUT2D eigenvalue weighted by Crippen LogP contribution is 2.55. The average Bonchev–Trinajstić information content (AvgIpc) is 3.88. The van der Waals surface area contributed by atoms with Gasteiger partial charge in [-0.05, 0) is 167 Å². The molecule has 1 aliphatic rings. The Balaban J connectivity index is 0.921. The Morgan fingerprint density at radius 1 is 0.294 bits per heavy atom. The molecule has 1 aromatic heterocycles. The third-order valence-electron chi connectivity index (χ3n) is 15.6. The largest absolute Gasteiger partial charge is 0.456 e. The zero-order valence-electron chi connectivity index (χ0n) is 37.7. The van der Waals surface area contributed by atoms with Gasteiger partial charge < -0.3 is 4.42 Å². The molecule has 0 spiro atoms. The van der Waals surface area contributed by atoms with Crippen LogP contribution in [0.5, 0.6) is 0 Å². The second-order valence-corrected chi connectivity index (χ2v) is 19.4. The van der Waals surface area contributed by atoms with Crippen LogP contribution in [0.1, 0.15) is 25.0 Å². The van der Waals surface area contributed by atoms with Crippen molar-refractivity contribution in [3.63, 3.8) is 0 Å². The molecule has 1 heteroatoms. The van der Waals surface area contributed by atoms with Gasteiger partial charge in [0, 0.05) is 16.2 Å². The van der Waals surface area contributed by atoms with Gasteiger partial charge in [0.25, 0.3) is 0 Å². The first-order valence-electron chi connectivity index (χ1n) is 23.8. The SMILES string of the molecule is CC1(C)c2ccc(-c3ccc4oc5ccc(-c6c7ccccc7c(-c7cc8ccc9ccccc9c8c8ccccc78)c7ccccc67)cc5c4c3)cc2-c2c1c1ccccc1c1ccccc21. The maximum absolute atomic E-state index is 6.63. The first-order chi connectivity index (χ1) is 33.5. The minimum atomic E-state index is -0.140. The summed E-state index contributed by atoms with van der Waals surface area (Å²) < 4.78 is 6.63. The zero-order chi connectivity index (χ0) is 44.8. The van der Waals surface area contributed by atoms with Gasteiger partial charge in [-0.25, -0.2) is 0 Å². The minimum absolute atomic E-state index is 0.140. The molecule has 0 unspecified atom stereocenters. The fourth-order valence-electron chi connectivity index (χ4n) is 12.6. The lowest BCUT2D eigenvalue weighted by atomic mass is 9.79. The van der Waals surface area contributed by atoms with Crippen molar-refractivity contribution in [3.05, 3.63) is 230 Å². The smallest absolute Gasteiger partial charge is 0.135 e. The maximum atomic E-state index is 6.63. The Labute approximate surface area is 393 Å². The topological polar surface area (TPSA) is 13.1 Å². The lowest BCUT2D eigenvalue weighted by Crippen LogP contribution is -2.15. The normalized spacial score (nSPS) is 13.3. The van der Waals surface area contributed by atoms with Crippen LogP contribution in [0.3, 0.4) is 0 Å². The van der Waals surface area contributed by atoms with Crippen molar-refractivity contribution in [1.29, 1.82) is 0 Å². The van der Waals surface area contributed by atoms with E-state index in [4.69, 9.17) is 4.42 Å². The van der Waals surface area contributed by atoms with Gasteiger partial charge in [0.1, 0.15) is 11.2 Å². The van der Waals surface area contributed by atoms with Crippen LogP contribution in [-0.2, 0) is 5.41 Å². The van der Waals surface area contributed by atoms with Crippen LogP contribution >= 0.6 is 0 Å². The molecule has 13 aromatic carbocycles. The lowest BCUT2D eigenvalue weighted by Gasteiger charge is -2.24. The van der Waals surface area contributed by atoms with Crippen molar-refractivity contribution in [3.8, 4) is 44.5 Å². The van der Waals surface area contributed by atoms with Gasteiger partial charge in [-0.1, -0.05) is 196 Å². The van der Waals surface area contributed by atoms with Gasteiger partial charge in [0.15, 0.2) is 0 Å². The number of benzene rings is 13. The lowest BCUT2D eigenvalue weighted by molar-refractivity contribution is 0.666. The Hall–Kier alpha value is -8.52. The number of rotatable bonds is 3. The molecular formula is C67H42O. The molecule has 316 valence electrons. The second kappa shape index (κ2) is 13.8. The maximum Gasteiger partial charge on any atom is 0.135 e. The molecule has 15 rings (SSSR count). The van der Waals surface area contributed by atoms with E-state index >= 15 is 0 Å². The third-order valence-corrected chi connectivity index (χ3v) is 15.6. The van der Waals surface area contributed by atoms with E-state index in [1.807, 2.05) is 0 Å². The molecule has 0 aliphatic heterocycles. The van der Waals surface area contributed by atoms with Crippen molar-refractivity contribution < 1.29 is 4.42 Å². The quantitative estimate of drug-likeness (QED) is 0.127. The zero-order valence-corrected chi connectivity index (χ0v) is 37.7. The van der Waals surface area contributed by atoms with E-state index < -0.39 is 0 Å². The molecule has 0 N–H and O–H groups in total. The van der Waals surface area contributed by atoms with Crippen molar-refractivity contribution in [1.82, 2.24) is 0 Å². The molecule has 1 nitrogen and oxygen atoms in total. The monoisotopic (exact) mass is 862 g/mol. The summed E-state index contributed by atoms with van der Waals surface area (Å²) >= 11 is 0. The van der Waals surface area contributed by atoms with Crippen LogP contribution in [0.2, 0.25) is 0 Å². The van der Waals surface area contributed by atoms with Crippen LogP contribution in [0.15, 0.2) is 223 Å². The Morgan fingerprint density at radius 3 is 1.44 bits per heavy atom. The van der Waals surface area contributed by atoms with Crippen molar-refractivity contribution in [2.75, 3.05) is 0 Å². The van der Waals surface area contributed by atoms with E-state index in [1.165, 1.54) is 131 Å². The summed E-state index contributed by atoms with van der Waals surface area (Å²) in [5.41, 5.74) is 14.5. The Bertz CT molecular complexity index is 4470. The van der Waals surface area contributed by atoms with E-state index in [0.29, 0.717) is 0 Å². The molecule has 1 heterocycles. The highest BCUT2D eigenvalue weighted by Gasteiger charge is 2.38. The van der Waals surface area contributed by atoms with E-state index in [9.17, 15) is 0 Å². The van der Waals surface area contributed by atoms with E-state index in [-0.39, 0.29) is 5.41 Å². The van der Waals surface area contributed by atoms with Crippen LogP contribution in [0.25, 0.3) is 142 Å². The molecule has 0 bridgehead atoms. The number of fused-ring (bicyclic) bond motifs is 18. The summed E-state index contributed by atoms with van der Waals surface area (Å²) in [4.78, 5) is 0. The van der Waals surface area contributed by atoms with Crippen LogP contribution in [-0.4, -0.2) is 0 Å². The van der Waals surface area contributed by atoms with Gasteiger partial charge in [0.05, 0.1) is 0 Å². The summed E-state index contributed by atoms with van der Waals surface area (Å²) in [6, 6.07) is 81.4. The van der Waals surface area contributed by atoms with Crippen molar-refractivity contribution in [2.24, 2.45) is 0 Å². The molecule has 0 amide bonds. The molecular weight excluding hydrogens is 821 g/mol. The molecule has 14 aromatic rings. The number of furan rings is 1. The summed E-state index contributed by atoms with van der Waals surface area (Å²) in [7, 11) is 0. The van der Waals surface area contributed by atoms with Gasteiger partial charge in [-0.2, -0.15) is 0 Å². The predicted octanol–water partition coefficient (Wildman–Crippen LogP) is 19.0. The fourth-order valence-corrected chi connectivity index (χ4v) is 12.6. The molecule has 0 fully saturated rings. The van der Waals surface area contributed by atoms with E-state index in [1.54, 1.807) is 0 Å². The number of hydrogen-bond donors (Lipinski definition) is 0. The molecule has 0 atom stereocenters. The summed E-state index contributed by atoms with van der Waals surface area (Å²) in [5, 5.41) is 20.2. The molecule has 0 radical (unpaired) electrons.